The SMILES string of the molecule is CCc1cc(CC)n(-c2ccnc(C(N)=O)c2)n1. The summed E-state index contributed by atoms with van der Waals surface area (Å²) in [6, 6.07) is 5.55. The summed E-state index contributed by atoms with van der Waals surface area (Å²) < 4.78 is 1.84. The van der Waals surface area contributed by atoms with Gasteiger partial charge in [-0.25, -0.2) is 4.68 Å². The first-order valence-electron chi connectivity index (χ1n) is 5.99. The van der Waals surface area contributed by atoms with E-state index in [-0.39, 0.29) is 5.69 Å². The van der Waals surface area contributed by atoms with Gasteiger partial charge in [0.2, 0.25) is 0 Å². The highest BCUT2D eigenvalue weighted by atomic mass is 16.1. The molecular formula is C13H16N4O. The lowest BCUT2D eigenvalue weighted by molar-refractivity contribution is 0.0995. The van der Waals surface area contributed by atoms with Crippen molar-refractivity contribution in [3.8, 4) is 5.69 Å². The van der Waals surface area contributed by atoms with Crippen LogP contribution >= 0.6 is 0 Å². The van der Waals surface area contributed by atoms with Gasteiger partial charge in [-0.05, 0) is 31.0 Å². The molecule has 5 heteroatoms. The van der Waals surface area contributed by atoms with E-state index in [2.05, 4.69) is 30.0 Å². The number of carbonyl (C=O) groups excluding carboxylic acids is 1. The van der Waals surface area contributed by atoms with Crippen molar-refractivity contribution in [3.63, 3.8) is 0 Å². The highest BCUT2D eigenvalue weighted by Crippen LogP contribution is 2.14. The normalized spacial score (nSPS) is 10.6. The molecule has 94 valence electrons. The van der Waals surface area contributed by atoms with Gasteiger partial charge in [-0.3, -0.25) is 9.78 Å². The molecule has 2 N–H and O–H groups in total. The second kappa shape index (κ2) is 5.00. The summed E-state index contributed by atoms with van der Waals surface area (Å²) in [5.74, 6) is -0.530. The Hall–Kier alpha value is -2.17. The minimum Gasteiger partial charge on any atom is -0.364 e. The first-order chi connectivity index (χ1) is 8.65. The molecule has 0 aliphatic carbocycles. The summed E-state index contributed by atoms with van der Waals surface area (Å²) in [5.41, 5.74) is 8.44. The number of hydrogen-bond acceptors (Lipinski definition) is 3. The maximum Gasteiger partial charge on any atom is 0.267 e. The summed E-state index contributed by atoms with van der Waals surface area (Å²) in [6.45, 7) is 4.14. The van der Waals surface area contributed by atoms with E-state index in [1.807, 2.05) is 10.7 Å². The molecule has 2 heterocycles. The Balaban J connectivity index is 2.50. The van der Waals surface area contributed by atoms with E-state index in [1.165, 1.54) is 0 Å². The predicted octanol–water partition coefficient (Wildman–Crippen LogP) is 1.49. The van der Waals surface area contributed by atoms with Gasteiger partial charge >= 0.3 is 0 Å². The Labute approximate surface area is 106 Å². The van der Waals surface area contributed by atoms with E-state index in [1.54, 1.807) is 12.3 Å². The van der Waals surface area contributed by atoms with Crippen LogP contribution in [0.3, 0.4) is 0 Å². The van der Waals surface area contributed by atoms with Gasteiger partial charge in [0.1, 0.15) is 5.69 Å². The summed E-state index contributed by atoms with van der Waals surface area (Å²) >= 11 is 0. The van der Waals surface area contributed by atoms with Gasteiger partial charge in [-0.2, -0.15) is 5.10 Å². The molecule has 0 saturated carbocycles. The quantitative estimate of drug-likeness (QED) is 0.885. The fourth-order valence-electron chi connectivity index (χ4n) is 1.81. The molecule has 0 atom stereocenters. The standard InChI is InChI=1S/C13H16N4O/c1-3-9-7-10(4-2)17(16-9)11-5-6-15-12(8-11)13(14)18/h5-8H,3-4H2,1-2H3,(H2,14,18). The lowest BCUT2D eigenvalue weighted by Crippen LogP contribution is -2.14. The van der Waals surface area contributed by atoms with E-state index < -0.39 is 5.91 Å². The van der Waals surface area contributed by atoms with Gasteiger partial charge in [0.05, 0.1) is 11.4 Å². The summed E-state index contributed by atoms with van der Waals surface area (Å²) in [6.07, 6.45) is 3.33. The number of nitrogens with two attached hydrogens (primary N) is 1. The van der Waals surface area contributed by atoms with Crippen LogP contribution in [0.5, 0.6) is 0 Å². The van der Waals surface area contributed by atoms with Crippen LogP contribution in [0, 0.1) is 0 Å². The van der Waals surface area contributed by atoms with E-state index in [0.29, 0.717) is 0 Å². The minimum atomic E-state index is -0.530. The molecule has 0 saturated heterocycles. The molecule has 5 nitrogen and oxygen atoms in total. The summed E-state index contributed by atoms with van der Waals surface area (Å²) in [7, 11) is 0. The molecule has 18 heavy (non-hydrogen) atoms. The number of pyridine rings is 1. The van der Waals surface area contributed by atoms with Crippen LogP contribution in [0.2, 0.25) is 0 Å². The third-order valence-electron chi connectivity index (χ3n) is 2.80. The predicted molar refractivity (Wildman–Crippen MR) is 68.6 cm³/mol. The average molecular weight is 244 g/mol. The number of rotatable bonds is 4. The number of carbonyl (C=O) groups is 1. The van der Waals surface area contributed by atoms with Crippen molar-refractivity contribution in [1.29, 1.82) is 0 Å². The molecule has 0 spiro atoms. The zero-order valence-electron chi connectivity index (χ0n) is 10.6. The van der Waals surface area contributed by atoms with Crippen molar-refractivity contribution in [1.82, 2.24) is 14.8 Å². The second-order valence-electron chi connectivity index (χ2n) is 4.01. The Bertz CT molecular complexity index is 574. The van der Waals surface area contributed by atoms with Crippen LogP contribution in [-0.4, -0.2) is 20.7 Å². The number of nitrogens with zero attached hydrogens (tertiary/aromatic N) is 3. The molecule has 0 aliphatic heterocycles. The molecule has 2 aromatic rings. The van der Waals surface area contributed by atoms with Gasteiger partial charge in [0, 0.05) is 11.9 Å². The van der Waals surface area contributed by atoms with Gasteiger partial charge < -0.3 is 5.73 Å². The zero-order valence-corrected chi connectivity index (χ0v) is 10.6. The number of hydrogen-bond donors (Lipinski definition) is 1. The number of amides is 1. The minimum absolute atomic E-state index is 0.253. The van der Waals surface area contributed by atoms with Crippen LogP contribution in [-0.2, 0) is 12.8 Å². The molecule has 1 amide bonds. The van der Waals surface area contributed by atoms with Crippen LogP contribution in [0.1, 0.15) is 35.7 Å². The van der Waals surface area contributed by atoms with Gasteiger partial charge in [0.15, 0.2) is 0 Å². The Morgan fingerprint density at radius 2 is 2.11 bits per heavy atom. The molecule has 0 aromatic carbocycles. The molecule has 0 fully saturated rings. The van der Waals surface area contributed by atoms with Crippen molar-refractivity contribution in [2.45, 2.75) is 26.7 Å². The molecular weight excluding hydrogens is 228 g/mol. The Morgan fingerprint density at radius 3 is 2.72 bits per heavy atom. The molecule has 2 rings (SSSR count). The van der Waals surface area contributed by atoms with E-state index >= 15 is 0 Å². The summed E-state index contributed by atoms with van der Waals surface area (Å²) in [5, 5.41) is 4.51. The monoisotopic (exact) mass is 244 g/mol. The van der Waals surface area contributed by atoms with Gasteiger partial charge in [-0.1, -0.05) is 13.8 Å². The van der Waals surface area contributed by atoms with Crippen molar-refractivity contribution in [2.75, 3.05) is 0 Å². The largest absolute Gasteiger partial charge is 0.364 e. The first-order valence-corrected chi connectivity index (χ1v) is 5.99. The topological polar surface area (TPSA) is 73.8 Å². The third-order valence-corrected chi connectivity index (χ3v) is 2.80. The smallest absolute Gasteiger partial charge is 0.267 e. The zero-order chi connectivity index (χ0) is 13.1. The Kier molecular flexibility index (Phi) is 3.41. The lowest BCUT2D eigenvalue weighted by atomic mass is 10.2. The maximum atomic E-state index is 11.1. The van der Waals surface area contributed by atoms with Crippen molar-refractivity contribution in [2.24, 2.45) is 5.73 Å². The van der Waals surface area contributed by atoms with Crippen LogP contribution in [0.4, 0.5) is 0 Å². The summed E-state index contributed by atoms with van der Waals surface area (Å²) in [4.78, 5) is 15.1. The number of primary amides is 1. The molecule has 0 unspecified atom stereocenters. The highest BCUT2D eigenvalue weighted by Gasteiger charge is 2.09. The van der Waals surface area contributed by atoms with Crippen LogP contribution in [0.25, 0.3) is 5.69 Å². The molecule has 2 aromatic heterocycles. The molecule has 0 radical (unpaired) electrons. The van der Waals surface area contributed by atoms with E-state index in [0.717, 1.165) is 29.9 Å². The van der Waals surface area contributed by atoms with Crippen molar-refractivity contribution in [3.05, 3.63) is 41.5 Å². The number of aryl methyl sites for hydroxylation is 2. The highest BCUT2D eigenvalue weighted by molar-refractivity contribution is 5.91. The molecule has 0 bridgehead atoms. The number of aromatic nitrogens is 3. The van der Waals surface area contributed by atoms with Crippen molar-refractivity contribution < 1.29 is 4.79 Å². The third kappa shape index (κ3) is 2.25. The van der Waals surface area contributed by atoms with E-state index in [9.17, 15) is 4.79 Å². The van der Waals surface area contributed by atoms with Gasteiger partial charge in [0.25, 0.3) is 5.91 Å². The average Bonchev–Trinajstić information content (AvgIpc) is 2.82. The Morgan fingerprint density at radius 1 is 1.33 bits per heavy atom. The van der Waals surface area contributed by atoms with Crippen molar-refractivity contribution >= 4 is 5.91 Å². The first kappa shape index (κ1) is 12.3. The van der Waals surface area contributed by atoms with Gasteiger partial charge in [-0.15, -0.1) is 0 Å². The maximum absolute atomic E-state index is 11.1. The fourth-order valence-corrected chi connectivity index (χ4v) is 1.81. The lowest BCUT2D eigenvalue weighted by Gasteiger charge is -2.06. The fraction of sp³-hybridized carbons (Fsp3) is 0.308. The van der Waals surface area contributed by atoms with Crippen LogP contribution < -0.4 is 5.73 Å². The second-order valence-corrected chi connectivity index (χ2v) is 4.01. The molecule has 0 aliphatic rings. The van der Waals surface area contributed by atoms with E-state index in [4.69, 9.17) is 5.73 Å². The van der Waals surface area contributed by atoms with Crippen LogP contribution in [0.15, 0.2) is 24.4 Å².